The summed E-state index contributed by atoms with van der Waals surface area (Å²) in [4.78, 5) is 4.15. The maximum Gasteiger partial charge on any atom is 0.216 e. The first-order valence-corrected chi connectivity index (χ1v) is 5.39. The van der Waals surface area contributed by atoms with Gasteiger partial charge in [-0.05, 0) is 24.5 Å². The molecule has 0 aliphatic carbocycles. The molecule has 2 rings (SSSR count). The van der Waals surface area contributed by atoms with E-state index in [9.17, 15) is 0 Å². The topological polar surface area (TPSA) is 60.0 Å². The van der Waals surface area contributed by atoms with Crippen LogP contribution in [0.3, 0.4) is 0 Å². The zero-order chi connectivity index (χ0) is 12.1. The Morgan fingerprint density at radius 1 is 1.12 bits per heavy atom. The summed E-state index contributed by atoms with van der Waals surface area (Å²) in [5.74, 6) is 1.15. The van der Waals surface area contributed by atoms with Gasteiger partial charge in [0.1, 0.15) is 0 Å². The van der Waals surface area contributed by atoms with Gasteiger partial charge in [0.15, 0.2) is 0 Å². The fourth-order valence-electron chi connectivity index (χ4n) is 1.59. The van der Waals surface area contributed by atoms with Crippen LogP contribution >= 0.6 is 0 Å². The van der Waals surface area contributed by atoms with Crippen molar-refractivity contribution in [2.24, 2.45) is 0 Å². The summed E-state index contributed by atoms with van der Waals surface area (Å²) < 4.78 is 10.2. The van der Waals surface area contributed by atoms with E-state index in [0.29, 0.717) is 11.8 Å². The van der Waals surface area contributed by atoms with Crippen LogP contribution < -0.4 is 9.47 Å². The zero-order valence-electron chi connectivity index (χ0n) is 9.93. The smallest absolute Gasteiger partial charge is 0.216 e. The average Bonchev–Trinajstić information content (AvgIpc) is 2.89. The quantitative estimate of drug-likeness (QED) is 0.852. The predicted molar refractivity (Wildman–Crippen MR) is 63.3 cm³/mol. The standard InChI is InChI=1S/C12H15N3O2/c1-16-11-7-9(8-12(14-11)17-2)3-4-10-5-6-13-15-10/h5-8H,3-4H2,1-2H3,(H,13,15). The molecular formula is C12H15N3O2. The Labute approximate surface area is 99.8 Å². The molecule has 0 spiro atoms. The lowest BCUT2D eigenvalue weighted by atomic mass is 10.1. The van der Waals surface area contributed by atoms with Crippen LogP contribution in [-0.4, -0.2) is 29.4 Å². The molecule has 2 aromatic heterocycles. The van der Waals surface area contributed by atoms with Crippen LogP contribution in [-0.2, 0) is 12.8 Å². The second-order valence-corrected chi connectivity index (χ2v) is 3.64. The number of H-pyrrole nitrogens is 1. The Kier molecular flexibility index (Phi) is 3.59. The molecule has 17 heavy (non-hydrogen) atoms. The summed E-state index contributed by atoms with van der Waals surface area (Å²) in [5, 5.41) is 6.85. The summed E-state index contributed by atoms with van der Waals surface area (Å²) >= 11 is 0. The van der Waals surface area contributed by atoms with Crippen molar-refractivity contribution in [1.82, 2.24) is 15.2 Å². The van der Waals surface area contributed by atoms with Gasteiger partial charge in [-0.2, -0.15) is 10.1 Å². The molecule has 0 fully saturated rings. The van der Waals surface area contributed by atoms with Gasteiger partial charge in [0, 0.05) is 24.0 Å². The van der Waals surface area contributed by atoms with Gasteiger partial charge in [-0.3, -0.25) is 5.10 Å². The van der Waals surface area contributed by atoms with Gasteiger partial charge < -0.3 is 9.47 Å². The van der Waals surface area contributed by atoms with E-state index < -0.39 is 0 Å². The maximum absolute atomic E-state index is 5.12. The highest BCUT2D eigenvalue weighted by molar-refractivity contribution is 5.29. The molecule has 2 heterocycles. The number of nitrogens with zero attached hydrogens (tertiary/aromatic N) is 2. The van der Waals surface area contributed by atoms with E-state index in [4.69, 9.17) is 9.47 Å². The van der Waals surface area contributed by atoms with Crippen LogP contribution in [0.4, 0.5) is 0 Å². The minimum absolute atomic E-state index is 0.573. The Bertz CT molecular complexity index is 446. The monoisotopic (exact) mass is 233 g/mol. The SMILES string of the molecule is COc1cc(CCc2ccn[nH]2)cc(OC)n1. The van der Waals surface area contributed by atoms with Gasteiger partial charge in [-0.25, -0.2) is 0 Å². The molecule has 5 nitrogen and oxygen atoms in total. The molecule has 0 saturated carbocycles. The highest BCUT2D eigenvalue weighted by Gasteiger charge is 2.04. The molecule has 0 aliphatic rings. The summed E-state index contributed by atoms with van der Waals surface area (Å²) in [6, 6.07) is 5.80. The van der Waals surface area contributed by atoms with Crippen LogP contribution in [0.2, 0.25) is 0 Å². The van der Waals surface area contributed by atoms with Gasteiger partial charge in [0.25, 0.3) is 0 Å². The van der Waals surface area contributed by atoms with Crippen molar-refractivity contribution in [3.63, 3.8) is 0 Å². The van der Waals surface area contributed by atoms with Gasteiger partial charge in [0.2, 0.25) is 11.8 Å². The van der Waals surface area contributed by atoms with Crippen molar-refractivity contribution in [3.8, 4) is 11.8 Å². The Balaban J connectivity index is 2.09. The molecule has 5 heteroatoms. The number of hydrogen-bond donors (Lipinski definition) is 1. The zero-order valence-corrected chi connectivity index (χ0v) is 9.93. The third-order valence-electron chi connectivity index (χ3n) is 2.50. The van der Waals surface area contributed by atoms with Crippen LogP contribution in [0, 0.1) is 0 Å². The second kappa shape index (κ2) is 5.34. The molecule has 0 unspecified atom stereocenters. The first-order valence-electron chi connectivity index (χ1n) is 5.39. The molecule has 0 aliphatic heterocycles. The molecule has 1 N–H and O–H groups in total. The third-order valence-corrected chi connectivity index (χ3v) is 2.50. The molecule has 2 aromatic rings. The molecular weight excluding hydrogens is 218 g/mol. The number of aromatic nitrogens is 3. The minimum atomic E-state index is 0.573. The Hall–Kier alpha value is -2.04. The summed E-state index contributed by atoms with van der Waals surface area (Å²) in [7, 11) is 3.20. The van der Waals surface area contributed by atoms with Crippen LogP contribution in [0.1, 0.15) is 11.3 Å². The number of nitrogens with one attached hydrogen (secondary N) is 1. The number of rotatable bonds is 5. The van der Waals surface area contributed by atoms with Crippen LogP contribution in [0.15, 0.2) is 24.4 Å². The van der Waals surface area contributed by atoms with Crippen molar-refractivity contribution < 1.29 is 9.47 Å². The summed E-state index contributed by atoms with van der Waals surface area (Å²) in [5.41, 5.74) is 2.24. The van der Waals surface area contributed by atoms with E-state index in [1.807, 2.05) is 18.2 Å². The van der Waals surface area contributed by atoms with Gasteiger partial charge in [0.05, 0.1) is 14.2 Å². The lowest BCUT2D eigenvalue weighted by Gasteiger charge is -2.06. The summed E-state index contributed by atoms with van der Waals surface area (Å²) in [6.45, 7) is 0. The van der Waals surface area contributed by atoms with Gasteiger partial charge in [-0.15, -0.1) is 0 Å². The summed E-state index contributed by atoms with van der Waals surface area (Å²) in [6.07, 6.45) is 3.54. The highest BCUT2D eigenvalue weighted by Crippen LogP contribution is 2.18. The largest absolute Gasteiger partial charge is 0.481 e. The lowest BCUT2D eigenvalue weighted by molar-refractivity contribution is 0.363. The van der Waals surface area contributed by atoms with E-state index in [-0.39, 0.29) is 0 Å². The van der Waals surface area contributed by atoms with Crippen molar-refractivity contribution >= 4 is 0 Å². The van der Waals surface area contributed by atoms with Gasteiger partial charge >= 0.3 is 0 Å². The van der Waals surface area contributed by atoms with Crippen LogP contribution in [0.5, 0.6) is 11.8 Å². The Morgan fingerprint density at radius 3 is 2.35 bits per heavy atom. The third kappa shape index (κ3) is 2.96. The fraction of sp³-hybridized carbons (Fsp3) is 0.333. The van der Waals surface area contributed by atoms with Crippen molar-refractivity contribution in [2.75, 3.05) is 14.2 Å². The van der Waals surface area contributed by atoms with Gasteiger partial charge in [-0.1, -0.05) is 0 Å². The molecule has 0 atom stereocenters. The van der Waals surface area contributed by atoms with E-state index in [1.165, 1.54) is 0 Å². The molecule has 0 aromatic carbocycles. The number of pyridine rings is 1. The lowest BCUT2D eigenvalue weighted by Crippen LogP contribution is -1.97. The molecule has 90 valence electrons. The number of ether oxygens (including phenoxy) is 2. The average molecular weight is 233 g/mol. The fourth-order valence-corrected chi connectivity index (χ4v) is 1.59. The van der Waals surface area contributed by atoms with E-state index >= 15 is 0 Å². The predicted octanol–water partition coefficient (Wildman–Crippen LogP) is 1.61. The van der Waals surface area contributed by atoms with Crippen LogP contribution in [0.25, 0.3) is 0 Å². The number of aryl methyl sites for hydroxylation is 2. The first-order chi connectivity index (χ1) is 8.31. The number of aromatic amines is 1. The van der Waals surface area contributed by atoms with Crippen molar-refractivity contribution in [1.29, 1.82) is 0 Å². The van der Waals surface area contributed by atoms with E-state index in [0.717, 1.165) is 24.1 Å². The maximum atomic E-state index is 5.12. The normalized spacial score (nSPS) is 10.2. The van der Waals surface area contributed by atoms with Crippen molar-refractivity contribution in [3.05, 3.63) is 35.7 Å². The van der Waals surface area contributed by atoms with Crippen molar-refractivity contribution in [2.45, 2.75) is 12.8 Å². The van der Waals surface area contributed by atoms with E-state index in [1.54, 1.807) is 20.4 Å². The first kappa shape index (κ1) is 11.4. The second-order valence-electron chi connectivity index (χ2n) is 3.64. The molecule has 0 bridgehead atoms. The Morgan fingerprint density at radius 2 is 1.82 bits per heavy atom. The number of hydrogen-bond acceptors (Lipinski definition) is 4. The van der Waals surface area contributed by atoms with E-state index in [2.05, 4.69) is 15.2 Å². The molecule has 0 radical (unpaired) electrons. The minimum Gasteiger partial charge on any atom is -0.481 e. The highest BCUT2D eigenvalue weighted by atomic mass is 16.5. The molecule has 0 amide bonds. The number of methoxy groups -OCH3 is 2. The molecule has 0 saturated heterocycles.